The third kappa shape index (κ3) is 3.63. The van der Waals surface area contributed by atoms with E-state index in [0.29, 0.717) is 10.1 Å². The van der Waals surface area contributed by atoms with Gasteiger partial charge in [0.05, 0.1) is 10.6 Å². The van der Waals surface area contributed by atoms with E-state index in [2.05, 4.69) is 17.2 Å². The topological polar surface area (TPSA) is 61.7 Å². The Hall–Kier alpha value is -2.53. The second kappa shape index (κ2) is 6.30. The zero-order valence-corrected chi connectivity index (χ0v) is 13.6. The Morgan fingerprint density at radius 3 is 2.52 bits per heavy atom. The molecule has 116 valence electrons. The lowest BCUT2D eigenvalue weighted by Crippen LogP contribution is -2.19. The zero-order valence-electron chi connectivity index (χ0n) is 12.8. The van der Waals surface area contributed by atoms with Crippen LogP contribution in [0.4, 0.5) is 5.69 Å². The molecule has 2 aromatic rings. The van der Waals surface area contributed by atoms with Crippen LogP contribution in [0.25, 0.3) is 6.08 Å². The molecule has 5 heteroatoms. The normalized spacial score (nSPS) is 17.7. The summed E-state index contributed by atoms with van der Waals surface area (Å²) in [5.74, 6) is 0.0401. The summed E-state index contributed by atoms with van der Waals surface area (Å²) in [5.41, 5.74) is 4.06. The Morgan fingerprint density at radius 1 is 1.09 bits per heavy atom. The summed E-state index contributed by atoms with van der Waals surface area (Å²) in [6.45, 7) is 4.09. The van der Waals surface area contributed by atoms with Crippen LogP contribution in [0.3, 0.4) is 0 Å². The Morgan fingerprint density at radius 2 is 1.83 bits per heavy atom. The number of hydrogen-bond donors (Lipinski definition) is 2. The fraction of sp³-hybridized carbons (Fsp3) is 0.111. The van der Waals surface area contributed by atoms with Crippen LogP contribution in [0, 0.1) is 13.8 Å². The molecule has 1 saturated heterocycles. The Kier molecular flexibility index (Phi) is 4.21. The van der Waals surface area contributed by atoms with Crippen molar-refractivity contribution in [3.8, 4) is 5.75 Å². The summed E-state index contributed by atoms with van der Waals surface area (Å²) in [7, 11) is 0. The maximum absolute atomic E-state index is 12.0. The van der Waals surface area contributed by atoms with Gasteiger partial charge >= 0.3 is 0 Å². The lowest BCUT2D eigenvalue weighted by atomic mass is 10.1. The highest BCUT2D eigenvalue weighted by Crippen LogP contribution is 2.28. The van der Waals surface area contributed by atoms with Crippen LogP contribution < -0.4 is 5.32 Å². The number of rotatable bonds is 2. The van der Waals surface area contributed by atoms with Crippen LogP contribution in [0.15, 0.2) is 52.4 Å². The van der Waals surface area contributed by atoms with Gasteiger partial charge in [0.2, 0.25) is 0 Å². The Bertz CT molecular complexity index is 823. The van der Waals surface area contributed by atoms with Crippen molar-refractivity contribution in [2.75, 3.05) is 0 Å². The van der Waals surface area contributed by atoms with Gasteiger partial charge in [-0.25, -0.2) is 4.99 Å². The van der Waals surface area contributed by atoms with Gasteiger partial charge in [-0.15, -0.1) is 0 Å². The van der Waals surface area contributed by atoms with Crippen molar-refractivity contribution in [1.29, 1.82) is 0 Å². The molecule has 0 saturated carbocycles. The minimum absolute atomic E-state index is 0.161. The number of carbonyl (C=O) groups excluding carboxylic acids is 1. The number of aliphatic imine (C=N–C) groups is 1. The molecule has 0 aromatic heterocycles. The minimum Gasteiger partial charge on any atom is -0.508 e. The number of hydrogen-bond acceptors (Lipinski definition) is 4. The summed E-state index contributed by atoms with van der Waals surface area (Å²) in [5, 5.41) is 12.6. The first-order valence-electron chi connectivity index (χ1n) is 7.17. The summed E-state index contributed by atoms with van der Waals surface area (Å²) in [4.78, 5) is 17.1. The van der Waals surface area contributed by atoms with E-state index in [4.69, 9.17) is 0 Å². The molecule has 1 aliphatic heterocycles. The fourth-order valence-electron chi connectivity index (χ4n) is 2.11. The van der Waals surface area contributed by atoms with E-state index in [0.717, 1.165) is 11.3 Å². The molecule has 2 aromatic carbocycles. The smallest absolute Gasteiger partial charge is 0.264 e. The van der Waals surface area contributed by atoms with Crippen LogP contribution >= 0.6 is 11.8 Å². The molecule has 1 heterocycles. The van der Waals surface area contributed by atoms with Gasteiger partial charge in [0.1, 0.15) is 5.75 Å². The standard InChI is InChI=1S/C18H16N2O2S/c1-11-3-6-14(9-12(11)2)19-18-20-17(22)16(23-18)10-13-4-7-15(21)8-5-13/h3-10,21H,1-2H3,(H,19,20,22)/b16-10+. The number of carbonyl (C=O) groups is 1. The molecule has 1 aliphatic rings. The highest BCUT2D eigenvalue weighted by atomic mass is 32.2. The number of thioether (sulfide) groups is 1. The molecular weight excluding hydrogens is 308 g/mol. The van der Waals surface area contributed by atoms with E-state index in [1.165, 1.54) is 22.9 Å². The Labute approximate surface area is 139 Å². The van der Waals surface area contributed by atoms with Crippen molar-refractivity contribution in [1.82, 2.24) is 5.32 Å². The molecule has 0 aliphatic carbocycles. The lowest BCUT2D eigenvalue weighted by molar-refractivity contribution is -0.115. The predicted molar refractivity (Wildman–Crippen MR) is 94.8 cm³/mol. The largest absolute Gasteiger partial charge is 0.508 e. The van der Waals surface area contributed by atoms with Crippen LogP contribution in [-0.2, 0) is 4.79 Å². The third-order valence-corrected chi connectivity index (χ3v) is 4.47. The van der Waals surface area contributed by atoms with Gasteiger partial charge < -0.3 is 10.4 Å². The second-order valence-corrected chi connectivity index (χ2v) is 6.37. The number of benzene rings is 2. The van der Waals surface area contributed by atoms with Crippen molar-refractivity contribution in [2.45, 2.75) is 13.8 Å². The Balaban J connectivity index is 1.82. The van der Waals surface area contributed by atoms with E-state index >= 15 is 0 Å². The molecule has 4 nitrogen and oxygen atoms in total. The number of phenols is 1. The van der Waals surface area contributed by atoms with Gasteiger partial charge in [-0.2, -0.15) is 0 Å². The van der Waals surface area contributed by atoms with Crippen molar-refractivity contribution < 1.29 is 9.90 Å². The zero-order chi connectivity index (χ0) is 16.4. The average Bonchev–Trinajstić information content (AvgIpc) is 2.85. The number of aromatic hydroxyl groups is 1. The van der Waals surface area contributed by atoms with Gasteiger partial charge in [0.25, 0.3) is 5.91 Å². The van der Waals surface area contributed by atoms with E-state index < -0.39 is 0 Å². The van der Waals surface area contributed by atoms with Crippen molar-refractivity contribution in [2.24, 2.45) is 4.99 Å². The molecule has 0 radical (unpaired) electrons. The van der Waals surface area contributed by atoms with Gasteiger partial charge in [-0.1, -0.05) is 18.2 Å². The predicted octanol–water partition coefficient (Wildman–Crippen LogP) is 3.90. The number of phenolic OH excluding ortho intramolecular Hbond substituents is 1. The first kappa shape index (κ1) is 15.4. The average molecular weight is 324 g/mol. The number of amidine groups is 1. The molecule has 1 fully saturated rings. The van der Waals surface area contributed by atoms with Gasteiger partial charge in [-0.05, 0) is 72.6 Å². The number of nitrogens with zero attached hydrogens (tertiary/aromatic N) is 1. The third-order valence-electron chi connectivity index (χ3n) is 3.56. The van der Waals surface area contributed by atoms with E-state index in [1.807, 2.05) is 25.1 Å². The maximum Gasteiger partial charge on any atom is 0.264 e. The van der Waals surface area contributed by atoms with Crippen LogP contribution in [0.5, 0.6) is 5.75 Å². The molecule has 23 heavy (non-hydrogen) atoms. The summed E-state index contributed by atoms with van der Waals surface area (Å²) < 4.78 is 0. The van der Waals surface area contributed by atoms with E-state index in [-0.39, 0.29) is 11.7 Å². The molecule has 0 spiro atoms. The molecule has 3 rings (SSSR count). The van der Waals surface area contributed by atoms with Crippen LogP contribution in [0.1, 0.15) is 16.7 Å². The second-order valence-electron chi connectivity index (χ2n) is 5.34. The molecule has 0 unspecified atom stereocenters. The quantitative estimate of drug-likeness (QED) is 0.824. The van der Waals surface area contributed by atoms with Gasteiger partial charge in [-0.3, -0.25) is 4.79 Å². The first-order valence-corrected chi connectivity index (χ1v) is 7.99. The number of aryl methyl sites for hydroxylation is 2. The van der Waals surface area contributed by atoms with Crippen molar-refractivity contribution in [3.63, 3.8) is 0 Å². The van der Waals surface area contributed by atoms with Crippen LogP contribution in [0.2, 0.25) is 0 Å². The van der Waals surface area contributed by atoms with Crippen molar-refractivity contribution >= 4 is 34.6 Å². The highest BCUT2D eigenvalue weighted by Gasteiger charge is 2.23. The van der Waals surface area contributed by atoms with Crippen LogP contribution in [-0.4, -0.2) is 16.2 Å². The molecule has 2 N–H and O–H groups in total. The highest BCUT2D eigenvalue weighted by molar-refractivity contribution is 8.18. The number of nitrogens with one attached hydrogen (secondary N) is 1. The SMILES string of the molecule is Cc1ccc(N=C2NC(=O)/C(=C\c3ccc(O)cc3)S2)cc1C. The monoisotopic (exact) mass is 324 g/mol. The number of amides is 1. The van der Waals surface area contributed by atoms with Crippen molar-refractivity contribution in [3.05, 3.63) is 64.1 Å². The maximum atomic E-state index is 12.0. The summed E-state index contributed by atoms with van der Waals surface area (Å²) in [6, 6.07) is 12.6. The van der Waals surface area contributed by atoms with Gasteiger partial charge in [0.15, 0.2) is 5.17 Å². The molecular formula is C18H16N2O2S. The minimum atomic E-state index is -0.161. The molecule has 1 amide bonds. The molecule has 0 atom stereocenters. The first-order chi connectivity index (χ1) is 11.0. The lowest BCUT2D eigenvalue weighted by Gasteiger charge is -2.01. The van der Waals surface area contributed by atoms with Gasteiger partial charge in [0, 0.05) is 0 Å². The van der Waals surface area contributed by atoms with E-state index in [1.54, 1.807) is 30.3 Å². The molecule has 0 bridgehead atoms. The summed E-state index contributed by atoms with van der Waals surface area (Å²) in [6.07, 6.45) is 1.78. The fourth-order valence-corrected chi connectivity index (χ4v) is 2.96. The van der Waals surface area contributed by atoms with E-state index in [9.17, 15) is 9.90 Å². The summed E-state index contributed by atoms with van der Waals surface area (Å²) >= 11 is 1.31.